The van der Waals surface area contributed by atoms with Crippen LogP contribution in [0.2, 0.25) is 0 Å². The zero-order chi connectivity index (χ0) is 12.7. The highest BCUT2D eigenvalue weighted by Crippen LogP contribution is 2.43. The minimum absolute atomic E-state index is 0.163. The molecule has 0 bridgehead atoms. The molecular weight excluding hydrogens is 218 g/mol. The van der Waals surface area contributed by atoms with E-state index in [1.165, 1.54) is 0 Å². The van der Waals surface area contributed by atoms with Gasteiger partial charge >= 0.3 is 5.97 Å². The fourth-order valence-electron chi connectivity index (χ4n) is 2.89. The van der Waals surface area contributed by atoms with E-state index in [0.29, 0.717) is 13.0 Å². The molecule has 0 aromatic carbocycles. The van der Waals surface area contributed by atoms with Gasteiger partial charge in [0.25, 0.3) is 0 Å². The molecule has 1 N–H and O–H groups in total. The quantitative estimate of drug-likeness (QED) is 0.800. The van der Waals surface area contributed by atoms with Crippen LogP contribution in [0.3, 0.4) is 0 Å². The van der Waals surface area contributed by atoms with Gasteiger partial charge < -0.3 is 10.0 Å². The Labute approximate surface area is 102 Å². The Bertz CT molecular complexity index is 349. The molecule has 1 saturated heterocycles. The van der Waals surface area contributed by atoms with Crippen molar-refractivity contribution in [1.29, 1.82) is 0 Å². The number of likely N-dealkylation sites (tertiary alicyclic amines) is 1. The van der Waals surface area contributed by atoms with Gasteiger partial charge in [-0.05, 0) is 32.6 Å². The van der Waals surface area contributed by atoms with Crippen molar-refractivity contribution < 1.29 is 14.7 Å². The molecule has 0 spiro atoms. The lowest BCUT2D eigenvalue weighted by molar-refractivity contribution is -0.158. The average Bonchev–Trinajstić information content (AvgIpc) is 2.25. The minimum atomic E-state index is -0.784. The molecule has 2 rings (SSSR count). The second kappa shape index (κ2) is 4.00. The first-order valence-corrected chi connectivity index (χ1v) is 6.40. The van der Waals surface area contributed by atoms with Crippen LogP contribution in [0.4, 0.5) is 0 Å². The maximum absolute atomic E-state index is 12.3. The van der Waals surface area contributed by atoms with Crippen LogP contribution in [-0.2, 0) is 9.59 Å². The predicted octanol–water partition coefficient (Wildman–Crippen LogP) is 1.89. The van der Waals surface area contributed by atoms with Gasteiger partial charge in [0, 0.05) is 18.5 Å². The summed E-state index contributed by atoms with van der Waals surface area (Å²) >= 11 is 0. The molecule has 96 valence electrons. The molecule has 4 nitrogen and oxygen atoms in total. The van der Waals surface area contributed by atoms with E-state index in [1.807, 2.05) is 6.92 Å². The van der Waals surface area contributed by atoms with Crippen LogP contribution in [-0.4, -0.2) is 35.0 Å². The largest absolute Gasteiger partial charge is 0.481 e. The summed E-state index contributed by atoms with van der Waals surface area (Å²) < 4.78 is 0. The molecule has 1 unspecified atom stereocenters. The Morgan fingerprint density at radius 1 is 1.06 bits per heavy atom. The van der Waals surface area contributed by atoms with Crippen LogP contribution in [0.5, 0.6) is 0 Å². The summed E-state index contributed by atoms with van der Waals surface area (Å²) in [5, 5.41) is 9.23. The van der Waals surface area contributed by atoms with E-state index >= 15 is 0 Å². The zero-order valence-corrected chi connectivity index (χ0v) is 10.7. The first-order chi connectivity index (χ1) is 7.87. The number of piperidine rings is 1. The number of carbonyl (C=O) groups is 2. The molecule has 0 aromatic heterocycles. The van der Waals surface area contributed by atoms with Crippen LogP contribution in [0.15, 0.2) is 0 Å². The molecule has 0 aromatic rings. The molecule has 2 fully saturated rings. The number of amides is 1. The lowest BCUT2D eigenvalue weighted by Gasteiger charge is -2.45. The van der Waals surface area contributed by atoms with E-state index in [2.05, 4.69) is 0 Å². The Morgan fingerprint density at radius 2 is 1.65 bits per heavy atom. The topological polar surface area (TPSA) is 57.6 Å². The van der Waals surface area contributed by atoms with Crippen LogP contribution in [0.25, 0.3) is 0 Å². The van der Waals surface area contributed by atoms with E-state index in [9.17, 15) is 14.7 Å². The third-order valence-electron chi connectivity index (χ3n) is 4.47. The maximum atomic E-state index is 12.3. The summed E-state index contributed by atoms with van der Waals surface area (Å²) in [6.45, 7) is 4.84. The van der Waals surface area contributed by atoms with Crippen molar-refractivity contribution in [1.82, 2.24) is 4.90 Å². The zero-order valence-electron chi connectivity index (χ0n) is 10.7. The number of rotatable bonds is 2. The van der Waals surface area contributed by atoms with Crippen LogP contribution >= 0.6 is 0 Å². The van der Waals surface area contributed by atoms with Gasteiger partial charge in [-0.25, -0.2) is 0 Å². The molecular formula is C13H21NO3. The lowest BCUT2D eigenvalue weighted by Crippen LogP contribution is -2.53. The van der Waals surface area contributed by atoms with E-state index in [0.717, 1.165) is 32.2 Å². The molecule has 1 saturated carbocycles. The maximum Gasteiger partial charge on any atom is 0.311 e. The molecule has 1 aliphatic heterocycles. The van der Waals surface area contributed by atoms with E-state index in [-0.39, 0.29) is 11.3 Å². The fraction of sp³-hybridized carbons (Fsp3) is 0.846. The minimum Gasteiger partial charge on any atom is -0.481 e. The van der Waals surface area contributed by atoms with Crippen molar-refractivity contribution >= 4 is 11.9 Å². The van der Waals surface area contributed by atoms with Gasteiger partial charge in [0.05, 0.1) is 5.41 Å². The third kappa shape index (κ3) is 2.05. The second-order valence-corrected chi connectivity index (χ2v) is 6.11. The average molecular weight is 239 g/mol. The Morgan fingerprint density at radius 3 is 2.12 bits per heavy atom. The molecule has 4 heteroatoms. The van der Waals surface area contributed by atoms with Crippen molar-refractivity contribution in [2.24, 2.45) is 10.8 Å². The number of hydrogen-bond acceptors (Lipinski definition) is 2. The second-order valence-electron chi connectivity index (χ2n) is 6.11. The number of carboxylic acid groups (broad SMARTS) is 1. The Balaban J connectivity index is 2.07. The molecule has 0 radical (unpaired) electrons. The van der Waals surface area contributed by atoms with Gasteiger partial charge in [0.15, 0.2) is 0 Å². The van der Waals surface area contributed by atoms with Gasteiger partial charge in [-0.1, -0.05) is 13.3 Å². The first-order valence-electron chi connectivity index (χ1n) is 6.40. The van der Waals surface area contributed by atoms with E-state index in [4.69, 9.17) is 0 Å². The van der Waals surface area contributed by atoms with Gasteiger partial charge in [-0.3, -0.25) is 9.59 Å². The summed E-state index contributed by atoms with van der Waals surface area (Å²) in [5.74, 6) is -0.621. The summed E-state index contributed by atoms with van der Waals surface area (Å²) in [4.78, 5) is 25.4. The monoisotopic (exact) mass is 239 g/mol. The number of hydrogen-bond donors (Lipinski definition) is 1. The number of carbonyl (C=O) groups excluding carboxylic acids is 1. The summed E-state index contributed by atoms with van der Waals surface area (Å²) in [6.07, 6.45) is 4.48. The molecule has 1 atom stereocenters. The number of nitrogens with zero attached hydrogens (tertiary/aromatic N) is 1. The van der Waals surface area contributed by atoms with Crippen molar-refractivity contribution in [2.75, 3.05) is 13.1 Å². The highest BCUT2D eigenvalue weighted by atomic mass is 16.4. The highest BCUT2D eigenvalue weighted by molar-refractivity contribution is 5.84. The third-order valence-corrected chi connectivity index (χ3v) is 4.47. The lowest BCUT2D eigenvalue weighted by atomic mass is 9.69. The summed E-state index contributed by atoms with van der Waals surface area (Å²) in [6, 6.07) is 0. The normalized spacial score (nSPS) is 31.8. The first kappa shape index (κ1) is 12.4. The Kier molecular flexibility index (Phi) is 2.92. The van der Waals surface area contributed by atoms with Crippen molar-refractivity contribution in [2.45, 2.75) is 46.0 Å². The van der Waals surface area contributed by atoms with Crippen LogP contribution in [0.1, 0.15) is 46.0 Å². The molecule has 1 amide bonds. The van der Waals surface area contributed by atoms with Gasteiger partial charge in [0.1, 0.15) is 0 Å². The van der Waals surface area contributed by atoms with E-state index in [1.54, 1.807) is 11.8 Å². The molecule has 17 heavy (non-hydrogen) atoms. The fourth-order valence-corrected chi connectivity index (χ4v) is 2.89. The SMILES string of the molecule is CC1(C(=O)O)CCCN(C(=O)C2(C)CCC2)C1. The predicted molar refractivity (Wildman–Crippen MR) is 63.5 cm³/mol. The summed E-state index contributed by atoms with van der Waals surface area (Å²) in [5.41, 5.74) is -0.967. The van der Waals surface area contributed by atoms with Crippen molar-refractivity contribution in [3.8, 4) is 0 Å². The number of carboxylic acids is 1. The van der Waals surface area contributed by atoms with Gasteiger partial charge in [0.2, 0.25) is 5.91 Å². The van der Waals surface area contributed by atoms with Gasteiger partial charge in [-0.2, -0.15) is 0 Å². The van der Waals surface area contributed by atoms with Crippen LogP contribution < -0.4 is 0 Å². The molecule has 1 heterocycles. The molecule has 1 aliphatic carbocycles. The van der Waals surface area contributed by atoms with Crippen LogP contribution in [0, 0.1) is 10.8 Å². The Hall–Kier alpha value is -1.06. The van der Waals surface area contributed by atoms with E-state index < -0.39 is 11.4 Å². The summed E-state index contributed by atoms with van der Waals surface area (Å²) in [7, 11) is 0. The highest BCUT2D eigenvalue weighted by Gasteiger charge is 2.46. The van der Waals surface area contributed by atoms with Gasteiger partial charge in [-0.15, -0.1) is 0 Å². The van der Waals surface area contributed by atoms with Crippen molar-refractivity contribution in [3.63, 3.8) is 0 Å². The smallest absolute Gasteiger partial charge is 0.311 e. The standard InChI is InChI=1S/C13H21NO3/c1-12(5-3-6-12)10(15)14-8-4-7-13(2,9-14)11(16)17/h3-9H2,1-2H3,(H,16,17). The number of aliphatic carboxylic acids is 1. The molecule has 2 aliphatic rings. The van der Waals surface area contributed by atoms with Crippen molar-refractivity contribution in [3.05, 3.63) is 0 Å².